The average Bonchev–Trinajstić information content (AvgIpc) is 2.59. The molecule has 0 saturated carbocycles. The summed E-state index contributed by atoms with van der Waals surface area (Å²) in [5.41, 5.74) is 5.07. The number of carbonyl (C=O) groups is 3. The van der Waals surface area contributed by atoms with E-state index in [-0.39, 0.29) is 21.7 Å². The molecule has 0 aliphatic carbocycles. The minimum absolute atomic E-state index is 0.00718. The third kappa shape index (κ3) is 2.29. The molecule has 0 bridgehead atoms. The molecular weight excluding hydrogens is 281 g/mol. The van der Waals surface area contributed by atoms with E-state index in [1.54, 1.807) is 0 Å². The molecular formula is C11H7F3N2O4. The maximum Gasteiger partial charge on any atom is 0.424 e. The van der Waals surface area contributed by atoms with Crippen molar-refractivity contribution in [2.24, 2.45) is 0 Å². The van der Waals surface area contributed by atoms with Crippen molar-refractivity contribution in [1.82, 2.24) is 4.90 Å². The van der Waals surface area contributed by atoms with Crippen LogP contribution >= 0.6 is 0 Å². The molecule has 0 radical (unpaired) electrons. The predicted molar refractivity (Wildman–Crippen MR) is 58.8 cm³/mol. The number of rotatable bonds is 1. The van der Waals surface area contributed by atoms with E-state index in [1.165, 1.54) is 18.2 Å². The van der Waals surface area contributed by atoms with Gasteiger partial charge in [0.15, 0.2) is 6.61 Å². The van der Waals surface area contributed by atoms with Crippen LogP contribution in [0.5, 0.6) is 0 Å². The van der Waals surface area contributed by atoms with Gasteiger partial charge in [0.1, 0.15) is 0 Å². The molecule has 6 nitrogen and oxygen atoms in total. The van der Waals surface area contributed by atoms with E-state index >= 15 is 0 Å². The van der Waals surface area contributed by atoms with Gasteiger partial charge in [-0.1, -0.05) is 6.07 Å². The number of benzene rings is 1. The van der Waals surface area contributed by atoms with E-state index in [2.05, 4.69) is 4.74 Å². The van der Waals surface area contributed by atoms with Gasteiger partial charge in [0, 0.05) is 5.69 Å². The van der Waals surface area contributed by atoms with Gasteiger partial charge in [-0.2, -0.15) is 18.1 Å². The lowest BCUT2D eigenvalue weighted by Crippen LogP contribution is -2.38. The highest BCUT2D eigenvalue weighted by atomic mass is 19.4. The van der Waals surface area contributed by atoms with Crippen LogP contribution in [0, 0.1) is 0 Å². The van der Waals surface area contributed by atoms with Crippen molar-refractivity contribution in [3.63, 3.8) is 0 Å². The number of nitrogen functional groups attached to an aromatic ring is 1. The summed E-state index contributed by atoms with van der Waals surface area (Å²) in [6.45, 7) is -1.89. The van der Waals surface area contributed by atoms with Crippen molar-refractivity contribution in [1.29, 1.82) is 0 Å². The molecule has 0 saturated heterocycles. The second-order valence-electron chi connectivity index (χ2n) is 3.89. The van der Waals surface area contributed by atoms with Crippen LogP contribution in [0.4, 0.5) is 23.7 Å². The van der Waals surface area contributed by atoms with Gasteiger partial charge in [0.25, 0.3) is 11.8 Å². The van der Waals surface area contributed by atoms with Crippen LogP contribution in [0.25, 0.3) is 0 Å². The number of nitrogens with zero attached hydrogens (tertiary/aromatic N) is 1. The maximum absolute atomic E-state index is 11.9. The number of anilines is 1. The summed E-state index contributed by atoms with van der Waals surface area (Å²) in [6.07, 6.45) is -6.44. The van der Waals surface area contributed by atoms with Crippen LogP contribution in [0.3, 0.4) is 0 Å². The van der Waals surface area contributed by atoms with E-state index < -0.39 is 30.7 Å². The molecule has 0 spiro atoms. The lowest BCUT2D eigenvalue weighted by Gasteiger charge is -2.13. The van der Waals surface area contributed by atoms with Crippen LogP contribution in [-0.4, -0.2) is 35.6 Å². The van der Waals surface area contributed by atoms with Gasteiger partial charge in [-0.15, -0.1) is 0 Å². The number of imide groups is 3. The Morgan fingerprint density at radius 2 is 1.90 bits per heavy atom. The van der Waals surface area contributed by atoms with E-state index in [1.807, 2.05) is 0 Å². The van der Waals surface area contributed by atoms with Crippen molar-refractivity contribution in [2.75, 3.05) is 12.3 Å². The first-order valence-electron chi connectivity index (χ1n) is 5.23. The van der Waals surface area contributed by atoms with Crippen LogP contribution in [-0.2, 0) is 4.74 Å². The lowest BCUT2D eigenvalue weighted by atomic mass is 10.1. The molecule has 9 heteroatoms. The van der Waals surface area contributed by atoms with E-state index in [9.17, 15) is 27.6 Å². The zero-order valence-corrected chi connectivity index (χ0v) is 9.73. The maximum atomic E-state index is 11.9. The van der Waals surface area contributed by atoms with Crippen LogP contribution in [0.1, 0.15) is 20.7 Å². The first-order valence-corrected chi connectivity index (χ1v) is 5.23. The number of hydrogen-bond donors (Lipinski definition) is 1. The van der Waals surface area contributed by atoms with Crippen LogP contribution in [0.15, 0.2) is 18.2 Å². The summed E-state index contributed by atoms with van der Waals surface area (Å²) in [6, 6.07) is 3.95. The third-order valence-corrected chi connectivity index (χ3v) is 2.49. The summed E-state index contributed by atoms with van der Waals surface area (Å²) in [7, 11) is 0. The molecule has 1 heterocycles. The van der Waals surface area contributed by atoms with Crippen LogP contribution in [0.2, 0.25) is 0 Å². The fraction of sp³-hybridized carbons (Fsp3) is 0.182. The number of fused-ring (bicyclic) bond motifs is 1. The second-order valence-corrected chi connectivity index (χ2v) is 3.89. The van der Waals surface area contributed by atoms with Gasteiger partial charge >= 0.3 is 12.3 Å². The summed E-state index contributed by atoms with van der Waals surface area (Å²) in [5, 5.41) is 0. The Labute approximate surface area is 109 Å². The summed E-state index contributed by atoms with van der Waals surface area (Å²) >= 11 is 0. The Bertz CT molecular complexity index is 612. The van der Waals surface area contributed by atoms with Crippen LogP contribution < -0.4 is 5.73 Å². The topological polar surface area (TPSA) is 89.7 Å². The van der Waals surface area contributed by atoms with E-state index in [4.69, 9.17) is 5.73 Å². The number of ether oxygens (including phenoxy) is 1. The standard InChI is InChI=1S/C11H7F3N2O4/c12-11(13,14)4-20-10(19)16-8(17)5-2-1-3-6(15)7(5)9(16)18/h1-3H,4,15H2. The Morgan fingerprint density at radius 3 is 2.45 bits per heavy atom. The zero-order chi connectivity index (χ0) is 15.1. The number of carbonyl (C=O) groups excluding carboxylic acids is 3. The van der Waals surface area contributed by atoms with Gasteiger partial charge in [-0.3, -0.25) is 9.59 Å². The second kappa shape index (κ2) is 4.51. The van der Waals surface area contributed by atoms with Gasteiger partial charge in [-0.25, -0.2) is 4.79 Å². The Morgan fingerprint density at radius 1 is 1.25 bits per heavy atom. The van der Waals surface area contributed by atoms with Gasteiger partial charge in [0.05, 0.1) is 11.1 Å². The number of nitrogens with two attached hydrogens (primary N) is 1. The van der Waals surface area contributed by atoms with Gasteiger partial charge in [0.2, 0.25) is 0 Å². The number of hydrogen-bond acceptors (Lipinski definition) is 5. The smallest absolute Gasteiger partial charge is 0.424 e. The summed E-state index contributed by atoms with van der Waals surface area (Å²) < 4.78 is 39.7. The number of amides is 3. The molecule has 0 atom stereocenters. The Balaban J connectivity index is 2.25. The molecule has 1 aromatic carbocycles. The molecule has 0 fully saturated rings. The average molecular weight is 288 g/mol. The predicted octanol–water partition coefficient (Wildman–Crippen LogP) is 1.56. The molecule has 2 rings (SSSR count). The van der Waals surface area contributed by atoms with Gasteiger partial charge < -0.3 is 10.5 Å². The molecule has 0 aromatic heterocycles. The van der Waals surface area contributed by atoms with Crippen molar-refractivity contribution in [2.45, 2.75) is 6.18 Å². The fourth-order valence-corrected chi connectivity index (χ4v) is 1.69. The van der Waals surface area contributed by atoms with Crippen molar-refractivity contribution < 1.29 is 32.3 Å². The largest absolute Gasteiger partial charge is 0.439 e. The highest BCUT2D eigenvalue weighted by Gasteiger charge is 2.43. The molecule has 106 valence electrons. The van der Waals surface area contributed by atoms with Crippen molar-refractivity contribution >= 4 is 23.6 Å². The number of alkyl halides is 3. The van der Waals surface area contributed by atoms with Crippen molar-refractivity contribution in [3.05, 3.63) is 29.3 Å². The highest BCUT2D eigenvalue weighted by Crippen LogP contribution is 2.28. The molecule has 2 N–H and O–H groups in total. The van der Waals surface area contributed by atoms with E-state index in [0.717, 1.165) is 0 Å². The summed E-state index contributed by atoms with van der Waals surface area (Å²) in [4.78, 5) is 35.0. The monoisotopic (exact) mass is 288 g/mol. The minimum atomic E-state index is -4.76. The molecule has 0 unspecified atom stereocenters. The highest BCUT2D eigenvalue weighted by molar-refractivity contribution is 6.29. The molecule has 1 aromatic rings. The fourth-order valence-electron chi connectivity index (χ4n) is 1.69. The molecule has 1 aliphatic heterocycles. The first kappa shape index (κ1) is 13.8. The number of halogens is 3. The van der Waals surface area contributed by atoms with Gasteiger partial charge in [-0.05, 0) is 12.1 Å². The van der Waals surface area contributed by atoms with E-state index in [0.29, 0.717) is 0 Å². The third-order valence-electron chi connectivity index (χ3n) is 2.49. The molecule has 1 aliphatic rings. The molecule has 20 heavy (non-hydrogen) atoms. The quantitative estimate of drug-likeness (QED) is 0.625. The Kier molecular flexibility index (Phi) is 3.12. The Hall–Kier alpha value is -2.58. The van der Waals surface area contributed by atoms with Crippen molar-refractivity contribution in [3.8, 4) is 0 Å². The normalized spacial score (nSPS) is 14.4. The SMILES string of the molecule is Nc1cccc2c1C(=O)N(C(=O)OCC(F)(F)F)C2=O. The zero-order valence-electron chi connectivity index (χ0n) is 9.73. The summed E-state index contributed by atoms with van der Waals surface area (Å²) in [5.74, 6) is -2.17. The first-order chi connectivity index (χ1) is 9.22. The lowest BCUT2D eigenvalue weighted by molar-refractivity contribution is -0.161. The molecule has 3 amide bonds. The minimum Gasteiger partial charge on any atom is -0.439 e.